The van der Waals surface area contributed by atoms with Crippen LogP contribution in [-0.2, 0) is 0 Å². The molecule has 4 heterocycles. The second-order valence-electron chi connectivity index (χ2n) is 11.0. The van der Waals surface area contributed by atoms with Gasteiger partial charge in [0.2, 0.25) is 0 Å². The van der Waals surface area contributed by atoms with Crippen molar-refractivity contribution < 1.29 is 5.11 Å². The number of nitrogen functional groups attached to an aromatic ring is 1. The van der Waals surface area contributed by atoms with E-state index in [0.29, 0.717) is 23.6 Å². The smallest absolute Gasteiger partial charge is 0.168 e. The number of pyridine rings is 1. The van der Waals surface area contributed by atoms with E-state index < -0.39 is 0 Å². The van der Waals surface area contributed by atoms with Crippen LogP contribution in [0.3, 0.4) is 0 Å². The average Bonchev–Trinajstić information content (AvgIpc) is 3.74. The molecule has 2 saturated heterocycles. The number of hydrogen-bond donors (Lipinski definition) is 5. The van der Waals surface area contributed by atoms with Crippen LogP contribution in [0.2, 0.25) is 0 Å². The normalized spacial score (nSPS) is 20.1. The van der Waals surface area contributed by atoms with Gasteiger partial charge in [-0.1, -0.05) is 6.58 Å². The Balaban J connectivity index is 1.11. The molecule has 3 aliphatic rings. The fraction of sp³-hybridized carbons (Fsp3) is 0.323. The Bertz CT molecular complexity index is 1390. The number of nitrogens with zero attached hydrogens (tertiary/aromatic N) is 5. The van der Waals surface area contributed by atoms with E-state index in [1.54, 1.807) is 12.3 Å². The van der Waals surface area contributed by atoms with E-state index in [9.17, 15) is 5.11 Å². The minimum absolute atomic E-state index is 0.0635. The second kappa shape index (κ2) is 11.4. The summed E-state index contributed by atoms with van der Waals surface area (Å²) in [5, 5.41) is 20.4. The quantitative estimate of drug-likeness (QED) is 0.261. The van der Waals surface area contributed by atoms with E-state index in [1.165, 1.54) is 11.4 Å². The molecule has 6 N–H and O–H groups in total. The van der Waals surface area contributed by atoms with E-state index in [0.717, 1.165) is 57.1 Å². The first kappa shape index (κ1) is 26.5. The molecule has 2 aromatic carbocycles. The summed E-state index contributed by atoms with van der Waals surface area (Å²) >= 11 is 0. The second-order valence-corrected chi connectivity index (χ2v) is 11.0. The summed E-state index contributed by atoms with van der Waals surface area (Å²) in [4.78, 5) is 13.9. The zero-order chi connectivity index (χ0) is 28.3. The van der Waals surface area contributed by atoms with Gasteiger partial charge in [0.1, 0.15) is 0 Å². The molecule has 3 aliphatic heterocycles. The predicted octanol–water partition coefficient (Wildman–Crippen LogP) is 4.42. The highest BCUT2D eigenvalue weighted by Crippen LogP contribution is 2.34. The van der Waals surface area contributed by atoms with Crippen LogP contribution < -0.4 is 31.5 Å². The largest absolute Gasteiger partial charge is 0.504 e. The molecule has 3 aromatic rings. The van der Waals surface area contributed by atoms with E-state index in [4.69, 9.17) is 5.73 Å². The van der Waals surface area contributed by atoms with Crippen molar-refractivity contribution in [3.63, 3.8) is 0 Å². The average molecular weight is 554 g/mol. The molecule has 41 heavy (non-hydrogen) atoms. The van der Waals surface area contributed by atoms with Crippen molar-refractivity contribution in [1.82, 2.24) is 20.1 Å². The van der Waals surface area contributed by atoms with E-state index >= 15 is 0 Å². The van der Waals surface area contributed by atoms with Crippen LogP contribution in [0.4, 0.5) is 40.1 Å². The maximum absolute atomic E-state index is 10.3. The standard InChI is InChI=1S/C31H39N9O/c1-3-33-24-12-14-38(19-24)25-10-6-23(7-11-25)35-31-28(18-29(41)30(32)36-31)34-22-4-8-26(9-5-22)39-15-13-27(20-39)40-17-16-37(2)21-40/h3-11,16-18,24,27,33-34,41H,1,12-15,19-21H2,2H3,(H3,32,35,36). The number of anilines is 7. The monoisotopic (exact) mass is 553 g/mol. The summed E-state index contributed by atoms with van der Waals surface area (Å²) in [5.74, 6) is 0.552. The fourth-order valence-corrected chi connectivity index (χ4v) is 5.84. The first-order chi connectivity index (χ1) is 19.9. The molecule has 1 aromatic heterocycles. The van der Waals surface area contributed by atoms with Crippen LogP contribution in [0, 0.1) is 0 Å². The molecule has 2 atom stereocenters. The van der Waals surface area contributed by atoms with Gasteiger partial charge >= 0.3 is 0 Å². The molecule has 0 amide bonds. The number of nitrogens with two attached hydrogens (primary N) is 1. The lowest BCUT2D eigenvalue weighted by Gasteiger charge is -2.26. The van der Waals surface area contributed by atoms with E-state index in [1.807, 2.05) is 12.1 Å². The summed E-state index contributed by atoms with van der Waals surface area (Å²) in [6.07, 6.45) is 8.34. The van der Waals surface area contributed by atoms with Crippen molar-refractivity contribution in [1.29, 1.82) is 0 Å². The summed E-state index contributed by atoms with van der Waals surface area (Å²) in [5.41, 5.74) is 10.8. The van der Waals surface area contributed by atoms with Crippen molar-refractivity contribution in [2.24, 2.45) is 0 Å². The lowest BCUT2D eigenvalue weighted by molar-refractivity contribution is 0.243. The molecule has 0 bridgehead atoms. The highest BCUT2D eigenvalue weighted by molar-refractivity contribution is 5.79. The minimum Gasteiger partial charge on any atom is -0.504 e. The zero-order valence-electron chi connectivity index (χ0n) is 23.5. The lowest BCUT2D eigenvalue weighted by Crippen LogP contribution is -2.35. The van der Waals surface area contributed by atoms with Crippen LogP contribution in [0.5, 0.6) is 5.75 Å². The van der Waals surface area contributed by atoms with Crippen molar-refractivity contribution in [3.8, 4) is 5.75 Å². The van der Waals surface area contributed by atoms with Gasteiger partial charge in [-0.25, -0.2) is 4.98 Å². The van der Waals surface area contributed by atoms with Crippen LogP contribution in [-0.4, -0.2) is 71.9 Å². The molecule has 10 heteroatoms. The topological polar surface area (TPSA) is 108 Å². The van der Waals surface area contributed by atoms with Crippen molar-refractivity contribution in [2.75, 3.05) is 66.1 Å². The highest BCUT2D eigenvalue weighted by Gasteiger charge is 2.28. The van der Waals surface area contributed by atoms with Crippen molar-refractivity contribution >= 4 is 40.1 Å². The SMILES string of the molecule is C=CNC1CCN(c2ccc(Nc3nc(N)c(O)cc3Nc3ccc(N4CCC(N5C=CN(C)C5)C4)cc3)cc2)C1. The third kappa shape index (κ3) is 5.91. The number of nitrogens with one attached hydrogen (secondary N) is 3. The van der Waals surface area contributed by atoms with Gasteiger partial charge < -0.3 is 46.4 Å². The molecular weight excluding hydrogens is 514 g/mol. The molecule has 0 aliphatic carbocycles. The number of rotatable bonds is 9. The molecule has 6 rings (SSSR count). The zero-order valence-corrected chi connectivity index (χ0v) is 23.5. The first-order valence-corrected chi connectivity index (χ1v) is 14.2. The Morgan fingerprint density at radius 1 is 0.927 bits per heavy atom. The molecule has 0 radical (unpaired) electrons. The summed E-state index contributed by atoms with van der Waals surface area (Å²) in [6, 6.07) is 19.2. The predicted molar refractivity (Wildman–Crippen MR) is 168 cm³/mol. The third-order valence-corrected chi connectivity index (χ3v) is 8.11. The molecule has 214 valence electrons. The van der Waals surface area contributed by atoms with Gasteiger partial charge in [0.25, 0.3) is 0 Å². The van der Waals surface area contributed by atoms with Gasteiger partial charge in [0, 0.05) is 86.5 Å². The maximum Gasteiger partial charge on any atom is 0.168 e. The summed E-state index contributed by atoms with van der Waals surface area (Å²) < 4.78 is 0. The van der Waals surface area contributed by atoms with Gasteiger partial charge in [-0.05, 0) is 67.6 Å². The molecule has 0 saturated carbocycles. The molecule has 2 unspecified atom stereocenters. The van der Waals surface area contributed by atoms with Gasteiger partial charge in [-0.15, -0.1) is 0 Å². The highest BCUT2D eigenvalue weighted by atomic mass is 16.3. The van der Waals surface area contributed by atoms with Crippen LogP contribution >= 0.6 is 0 Å². The Kier molecular flexibility index (Phi) is 7.37. The minimum atomic E-state index is -0.0635. The maximum atomic E-state index is 10.3. The Morgan fingerprint density at radius 3 is 2.24 bits per heavy atom. The number of hydrogen-bond acceptors (Lipinski definition) is 10. The first-order valence-electron chi connectivity index (χ1n) is 14.2. The molecule has 0 spiro atoms. The molecule has 2 fully saturated rings. The van der Waals surface area contributed by atoms with Gasteiger partial charge in [0.15, 0.2) is 17.4 Å². The van der Waals surface area contributed by atoms with E-state index in [2.05, 4.69) is 103 Å². The summed E-state index contributed by atoms with van der Waals surface area (Å²) in [7, 11) is 2.11. The third-order valence-electron chi connectivity index (χ3n) is 8.11. The van der Waals surface area contributed by atoms with Gasteiger partial charge in [-0.2, -0.15) is 0 Å². The Labute approximate surface area is 241 Å². The van der Waals surface area contributed by atoms with Gasteiger partial charge in [-0.3, -0.25) is 0 Å². The molecule has 10 nitrogen and oxygen atoms in total. The van der Waals surface area contributed by atoms with Crippen molar-refractivity contribution in [2.45, 2.75) is 24.9 Å². The van der Waals surface area contributed by atoms with E-state index in [-0.39, 0.29) is 11.6 Å². The van der Waals surface area contributed by atoms with Crippen molar-refractivity contribution in [3.05, 3.63) is 79.8 Å². The summed E-state index contributed by atoms with van der Waals surface area (Å²) in [6.45, 7) is 8.74. The Hall–Kier alpha value is -4.73. The number of aromatic nitrogens is 1. The van der Waals surface area contributed by atoms with Crippen LogP contribution in [0.25, 0.3) is 0 Å². The fourth-order valence-electron chi connectivity index (χ4n) is 5.84. The Morgan fingerprint density at radius 2 is 1.59 bits per heavy atom. The van der Waals surface area contributed by atoms with Crippen LogP contribution in [0.15, 0.2) is 79.8 Å². The lowest BCUT2D eigenvalue weighted by atomic mass is 10.2. The van der Waals surface area contributed by atoms with Crippen LogP contribution in [0.1, 0.15) is 12.8 Å². The number of aromatic hydroxyl groups is 1. The van der Waals surface area contributed by atoms with Gasteiger partial charge in [0.05, 0.1) is 12.4 Å². The molecular formula is C31H39N9O. The number of benzene rings is 2.